The molecule has 4 rings (SSSR count). The van der Waals surface area contributed by atoms with Gasteiger partial charge in [-0.25, -0.2) is 10.5 Å². The number of nitrogens with zero attached hydrogens (tertiary/aromatic N) is 4. The first kappa shape index (κ1) is 20.2. The molecule has 0 unspecified atom stereocenters. The van der Waals surface area contributed by atoms with Crippen LogP contribution in [0.5, 0.6) is 0 Å². The molecule has 1 aromatic heterocycles. The summed E-state index contributed by atoms with van der Waals surface area (Å²) < 4.78 is 0. The lowest BCUT2D eigenvalue weighted by atomic mass is 9.99. The highest BCUT2D eigenvalue weighted by Crippen LogP contribution is 2.27. The number of amides is 1. The van der Waals surface area contributed by atoms with E-state index < -0.39 is 0 Å². The van der Waals surface area contributed by atoms with Crippen LogP contribution in [0.3, 0.4) is 0 Å². The second kappa shape index (κ2) is 10.1. The molecule has 2 aromatic carbocycles. The predicted molar refractivity (Wildman–Crippen MR) is 121 cm³/mol. The van der Waals surface area contributed by atoms with Crippen LogP contribution in [0.1, 0.15) is 32.1 Å². The van der Waals surface area contributed by atoms with E-state index in [1.165, 1.54) is 36.7 Å². The summed E-state index contributed by atoms with van der Waals surface area (Å²) in [5.41, 5.74) is 5.77. The summed E-state index contributed by atoms with van der Waals surface area (Å²) in [4.78, 5) is 19.2. The van der Waals surface area contributed by atoms with Crippen LogP contribution in [0, 0.1) is 0 Å². The van der Waals surface area contributed by atoms with Gasteiger partial charge >= 0.3 is 0 Å². The van der Waals surface area contributed by atoms with E-state index in [1.807, 2.05) is 60.7 Å². The van der Waals surface area contributed by atoms with E-state index in [0.717, 1.165) is 24.2 Å². The van der Waals surface area contributed by atoms with Crippen LogP contribution in [0.15, 0.2) is 70.9 Å². The summed E-state index contributed by atoms with van der Waals surface area (Å²) >= 11 is 1.30. The lowest BCUT2D eigenvalue weighted by Crippen LogP contribution is -2.27. The van der Waals surface area contributed by atoms with Gasteiger partial charge in [-0.2, -0.15) is 10.1 Å². The van der Waals surface area contributed by atoms with Crippen molar-refractivity contribution in [3.63, 3.8) is 0 Å². The molecule has 1 aliphatic rings. The van der Waals surface area contributed by atoms with Crippen molar-refractivity contribution in [3.8, 4) is 0 Å². The highest BCUT2D eigenvalue weighted by molar-refractivity contribution is 7.99. The van der Waals surface area contributed by atoms with Gasteiger partial charge in [0.05, 0.1) is 5.75 Å². The molecule has 154 valence electrons. The maximum absolute atomic E-state index is 13.1. The van der Waals surface area contributed by atoms with Gasteiger partial charge in [0.15, 0.2) is 0 Å². The van der Waals surface area contributed by atoms with Gasteiger partial charge in [-0.1, -0.05) is 54.6 Å². The van der Waals surface area contributed by atoms with Crippen molar-refractivity contribution < 1.29 is 4.79 Å². The summed E-state index contributed by atoms with van der Waals surface area (Å²) in [5.74, 6) is 0.667. The number of benzene rings is 2. The number of para-hydroxylation sites is 2. The van der Waals surface area contributed by atoms with Crippen molar-refractivity contribution in [2.75, 3.05) is 16.1 Å². The Balaban J connectivity index is 1.40. The number of hydrogen-bond acceptors (Lipinski definition) is 6. The molecule has 0 atom stereocenters. The standard InChI is InChI=1S/C22H24N6OS/c29-20(28(18-12-6-2-7-13-18)19-14-8-3-9-15-19)16-30-22-23-21(26-27-22)25-24-17-10-4-1-5-11-17/h2-3,6-9,12-15H,1,4-5,10-11,16H2,(H2,23,25,26,27). The summed E-state index contributed by atoms with van der Waals surface area (Å²) in [5, 5.41) is 11.9. The van der Waals surface area contributed by atoms with E-state index in [1.54, 1.807) is 4.90 Å². The Hall–Kier alpha value is -3.13. The summed E-state index contributed by atoms with van der Waals surface area (Å²) in [6.07, 6.45) is 5.73. The molecule has 0 saturated heterocycles. The lowest BCUT2D eigenvalue weighted by Gasteiger charge is -2.22. The van der Waals surface area contributed by atoms with Gasteiger partial charge in [0.25, 0.3) is 0 Å². The molecule has 30 heavy (non-hydrogen) atoms. The third-order valence-corrected chi connectivity index (χ3v) is 5.65. The Morgan fingerprint density at radius 2 is 1.63 bits per heavy atom. The van der Waals surface area contributed by atoms with Gasteiger partial charge in [-0.15, -0.1) is 5.10 Å². The Bertz CT molecular complexity index is 942. The monoisotopic (exact) mass is 420 g/mol. The van der Waals surface area contributed by atoms with Crippen molar-refractivity contribution in [2.24, 2.45) is 5.10 Å². The lowest BCUT2D eigenvalue weighted by molar-refractivity contribution is -0.115. The molecule has 1 aliphatic carbocycles. The number of aromatic nitrogens is 3. The fourth-order valence-corrected chi connectivity index (χ4v) is 3.99. The molecular formula is C22H24N6OS. The summed E-state index contributed by atoms with van der Waals surface area (Å²) in [6.45, 7) is 0. The average Bonchev–Trinajstić information content (AvgIpc) is 3.27. The molecule has 8 heteroatoms. The Labute approximate surface area is 180 Å². The predicted octanol–water partition coefficient (Wildman–Crippen LogP) is 4.99. The topological polar surface area (TPSA) is 86.3 Å². The van der Waals surface area contributed by atoms with Crippen LogP contribution >= 0.6 is 11.8 Å². The molecule has 7 nitrogen and oxygen atoms in total. The molecule has 1 heterocycles. The van der Waals surface area contributed by atoms with Gasteiger partial charge in [0.1, 0.15) is 0 Å². The number of nitrogens with one attached hydrogen (secondary N) is 2. The summed E-state index contributed by atoms with van der Waals surface area (Å²) in [7, 11) is 0. The molecule has 3 aromatic rings. The maximum Gasteiger partial charge on any atom is 0.242 e. The first-order chi connectivity index (χ1) is 14.8. The van der Waals surface area contributed by atoms with Gasteiger partial charge in [0, 0.05) is 17.1 Å². The van der Waals surface area contributed by atoms with Gasteiger partial charge in [0.2, 0.25) is 17.0 Å². The zero-order valence-corrected chi connectivity index (χ0v) is 17.4. The number of H-pyrrole nitrogens is 1. The van der Waals surface area contributed by atoms with Crippen molar-refractivity contribution in [2.45, 2.75) is 37.3 Å². The Morgan fingerprint density at radius 1 is 1.00 bits per heavy atom. The minimum Gasteiger partial charge on any atom is -0.280 e. The number of anilines is 3. The van der Waals surface area contributed by atoms with Crippen molar-refractivity contribution >= 4 is 40.7 Å². The van der Waals surface area contributed by atoms with E-state index in [2.05, 4.69) is 25.7 Å². The minimum atomic E-state index is -0.0424. The third-order valence-electron chi connectivity index (χ3n) is 4.82. The van der Waals surface area contributed by atoms with Crippen LogP contribution in [0.25, 0.3) is 0 Å². The molecule has 0 spiro atoms. The zero-order chi connectivity index (χ0) is 20.6. The third kappa shape index (κ3) is 5.27. The van der Waals surface area contributed by atoms with Gasteiger partial charge in [-0.3, -0.25) is 9.69 Å². The number of carbonyl (C=O) groups excluding carboxylic acids is 1. The van der Waals surface area contributed by atoms with E-state index in [9.17, 15) is 4.79 Å². The molecule has 1 saturated carbocycles. The molecular weight excluding hydrogens is 396 g/mol. The van der Waals surface area contributed by atoms with Gasteiger partial charge < -0.3 is 0 Å². The Kier molecular flexibility index (Phi) is 6.76. The van der Waals surface area contributed by atoms with E-state index >= 15 is 0 Å². The molecule has 1 fully saturated rings. The van der Waals surface area contributed by atoms with Crippen LogP contribution in [-0.4, -0.2) is 32.6 Å². The first-order valence-electron chi connectivity index (χ1n) is 10.1. The fourth-order valence-electron chi connectivity index (χ4n) is 3.35. The van der Waals surface area contributed by atoms with Crippen molar-refractivity contribution in [1.82, 2.24) is 15.2 Å². The molecule has 0 aliphatic heterocycles. The molecule has 0 bridgehead atoms. The number of hydrazone groups is 1. The molecule has 2 N–H and O–H groups in total. The van der Waals surface area contributed by atoms with E-state index in [0.29, 0.717) is 11.1 Å². The number of rotatable bonds is 7. The van der Waals surface area contributed by atoms with Crippen LogP contribution in [0.2, 0.25) is 0 Å². The van der Waals surface area contributed by atoms with Crippen molar-refractivity contribution in [1.29, 1.82) is 0 Å². The highest BCUT2D eigenvalue weighted by Gasteiger charge is 2.19. The van der Waals surface area contributed by atoms with Gasteiger partial charge in [-0.05, 0) is 49.9 Å². The maximum atomic E-state index is 13.1. The van der Waals surface area contributed by atoms with E-state index in [4.69, 9.17) is 0 Å². The van der Waals surface area contributed by atoms with Crippen LogP contribution < -0.4 is 10.3 Å². The fraction of sp³-hybridized carbons (Fsp3) is 0.273. The summed E-state index contributed by atoms with van der Waals surface area (Å²) in [6, 6.07) is 19.3. The average molecular weight is 421 g/mol. The first-order valence-corrected chi connectivity index (χ1v) is 11.1. The number of hydrogen-bond donors (Lipinski definition) is 2. The second-order valence-corrected chi connectivity index (χ2v) is 7.95. The van der Waals surface area contributed by atoms with Crippen LogP contribution in [-0.2, 0) is 4.79 Å². The largest absolute Gasteiger partial charge is 0.280 e. The van der Waals surface area contributed by atoms with E-state index in [-0.39, 0.29) is 11.7 Å². The molecule has 0 radical (unpaired) electrons. The number of carbonyl (C=O) groups is 1. The Morgan fingerprint density at radius 3 is 2.27 bits per heavy atom. The number of thioether (sulfide) groups is 1. The van der Waals surface area contributed by atoms with Crippen molar-refractivity contribution in [3.05, 3.63) is 60.7 Å². The smallest absolute Gasteiger partial charge is 0.242 e. The quantitative estimate of drug-likeness (QED) is 0.415. The molecule has 1 amide bonds. The normalized spacial score (nSPS) is 13.7. The second-order valence-electron chi connectivity index (χ2n) is 7.01. The van der Waals surface area contributed by atoms with Crippen LogP contribution in [0.4, 0.5) is 17.3 Å². The number of aromatic amines is 1. The SMILES string of the molecule is O=C(CSc1n[nH]c(NN=C2CCCCC2)n1)N(c1ccccc1)c1ccccc1. The minimum absolute atomic E-state index is 0.0424. The highest BCUT2D eigenvalue weighted by atomic mass is 32.2. The zero-order valence-electron chi connectivity index (χ0n) is 16.6.